The van der Waals surface area contributed by atoms with Crippen molar-refractivity contribution in [2.75, 3.05) is 11.9 Å². The Labute approximate surface area is 196 Å². The predicted octanol–water partition coefficient (Wildman–Crippen LogP) is 4.17. The highest BCUT2D eigenvalue weighted by molar-refractivity contribution is 6.30. The Morgan fingerprint density at radius 3 is 2.64 bits per heavy atom. The SMILES string of the molecule is CCOC(=O)c1cccc(NC(=O)[C@H](CC)Oc2ccc(=O)n(-c3cc(Cl)ccc3C)n2)c1. The second-order valence-corrected chi connectivity index (χ2v) is 7.59. The lowest BCUT2D eigenvalue weighted by Gasteiger charge is -2.17. The topological polar surface area (TPSA) is 99.5 Å². The van der Waals surface area contributed by atoms with Gasteiger partial charge in [0, 0.05) is 22.8 Å². The zero-order valence-corrected chi connectivity index (χ0v) is 19.3. The molecular formula is C24H24ClN3O5. The minimum Gasteiger partial charge on any atom is -0.463 e. The molecule has 0 saturated carbocycles. The van der Waals surface area contributed by atoms with Gasteiger partial charge in [-0.3, -0.25) is 9.59 Å². The van der Waals surface area contributed by atoms with Crippen molar-refractivity contribution in [3.8, 4) is 11.6 Å². The summed E-state index contributed by atoms with van der Waals surface area (Å²) in [6, 6.07) is 14.3. The lowest BCUT2D eigenvalue weighted by Crippen LogP contribution is -2.33. The summed E-state index contributed by atoms with van der Waals surface area (Å²) in [4.78, 5) is 37.1. The van der Waals surface area contributed by atoms with Crippen molar-refractivity contribution in [3.05, 3.63) is 81.1 Å². The van der Waals surface area contributed by atoms with E-state index in [2.05, 4.69) is 10.4 Å². The van der Waals surface area contributed by atoms with Gasteiger partial charge in [-0.05, 0) is 56.2 Å². The molecule has 1 N–H and O–H groups in total. The first-order valence-electron chi connectivity index (χ1n) is 10.4. The summed E-state index contributed by atoms with van der Waals surface area (Å²) in [5, 5.41) is 7.47. The normalized spacial score (nSPS) is 11.5. The number of carbonyl (C=O) groups is 2. The third-order valence-corrected chi connectivity index (χ3v) is 4.98. The zero-order chi connectivity index (χ0) is 24.0. The van der Waals surface area contributed by atoms with Crippen LogP contribution >= 0.6 is 11.6 Å². The molecule has 0 bridgehead atoms. The van der Waals surface area contributed by atoms with E-state index in [0.717, 1.165) is 5.56 Å². The number of anilines is 1. The fraction of sp³-hybridized carbons (Fsp3) is 0.250. The molecular weight excluding hydrogens is 446 g/mol. The lowest BCUT2D eigenvalue weighted by molar-refractivity contribution is -0.123. The van der Waals surface area contributed by atoms with Gasteiger partial charge in [-0.15, -0.1) is 5.10 Å². The maximum atomic E-state index is 12.8. The monoisotopic (exact) mass is 469 g/mol. The number of nitrogens with one attached hydrogen (secondary N) is 1. The number of aromatic nitrogens is 2. The molecule has 0 fully saturated rings. The second kappa shape index (κ2) is 10.8. The number of nitrogens with zero attached hydrogens (tertiary/aromatic N) is 2. The van der Waals surface area contributed by atoms with Crippen LogP contribution in [0.3, 0.4) is 0 Å². The molecule has 0 radical (unpaired) electrons. The molecule has 0 spiro atoms. The van der Waals surface area contributed by atoms with Gasteiger partial charge in [-0.25, -0.2) is 4.79 Å². The molecule has 1 heterocycles. The van der Waals surface area contributed by atoms with E-state index < -0.39 is 18.0 Å². The number of ether oxygens (including phenoxy) is 2. The standard InChI is InChI=1S/C24H24ClN3O5/c1-4-20(23(30)26-18-8-6-7-16(13-18)24(31)32-5-2)33-21-11-12-22(29)28(27-21)19-14-17(25)10-9-15(19)3/h6-14,20H,4-5H2,1-3H3,(H,26,30)/t20-/m0/s1. The summed E-state index contributed by atoms with van der Waals surface area (Å²) in [6.07, 6.45) is -0.532. The summed E-state index contributed by atoms with van der Waals surface area (Å²) in [6.45, 7) is 5.60. The molecule has 2 aromatic carbocycles. The van der Waals surface area contributed by atoms with Crippen molar-refractivity contribution in [1.29, 1.82) is 0 Å². The molecule has 172 valence electrons. The summed E-state index contributed by atoms with van der Waals surface area (Å²) < 4.78 is 12.0. The number of benzene rings is 2. The molecule has 0 aliphatic rings. The minimum atomic E-state index is -0.879. The Hall–Kier alpha value is -3.65. The van der Waals surface area contributed by atoms with Crippen LogP contribution in [0.5, 0.6) is 5.88 Å². The smallest absolute Gasteiger partial charge is 0.338 e. The summed E-state index contributed by atoms with van der Waals surface area (Å²) in [7, 11) is 0. The molecule has 9 heteroatoms. The Morgan fingerprint density at radius 1 is 1.12 bits per heavy atom. The molecule has 3 aromatic rings. The van der Waals surface area contributed by atoms with Crippen LogP contribution in [0.2, 0.25) is 5.02 Å². The van der Waals surface area contributed by atoms with E-state index in [1.165, 1.54) is 22.9 Å². The van der Waals surface area contributed by atoms with Crippen molar-refractivity contribution >= 4 is 29.2 Å². The van der Waals surface area contributed by atoms with Crippen LogP contribution in [0.4, 0.5) is 5.69 Å². The number of halogens is 1. The third-order valence-electron chi connectivity index (χ3n) is 4.74. The first-order valence-corrected chi connectivity index (χ1v) is 10.8. The molecule has 8 nitrogen and oxygen atoms in total. The van der Waals surface area contributed by atoms with E-state index in [9.17, 15) is 14.4 Å². The van der Waals surface area contributed by atoms with Crippen LogP contribution in [-0.2, 0) is 9.53 Å². The van der Waals surface area contributed by atoms with Crippen molar-refractivity contribution in [2.45, 2.75) is 33.3 Å². The first-order chi connectivity index (χ1) is 15.8. The van der Waals surface area contributed by atoms with Crippen LogP contribution in [0.25, 0.3) is 5.69 Å². The number of carbonyl (C=O) groups excluding carboxylic acids is 2. The van der Waals surface area contributed by atoms with Gasteiger partial charge in [-0.1, -0.05) is 30.7 Å². The van der Waals surface area contributed by atoms with Gasteiger partial charge >= 0.3 is 5.97 Å². The quantitative estimate of drug-likeness (QED) is 0.497. The minimum absolute atomic E-state index is 0.108. The molecule has 1 atom stereocenters. The molecule has 0 saturated heterocycles. The Kier molecular flexibility index (Phi) is 7.84. The van der Waals surface area contributed by atoms with Gasteiger partial charge in [0.1, 0.15) is 0 Å². The highest BCUT2D eigenvalue weighted by Gasteiger charge is 2.20. The van der Waals surface area contributed by atoms with E-state index >= 15 is 0 Å². The number of rotatable bonds is 8. The number of hydrogen-bond donors (Lipinski definition) is 1. The average molecular weight is 470 g/mol. The summed E-state index contributed by atoms with van der Waals surface area (Å²) >= 11 is 6.08. The molecule has 0 aliphatic heterocycles. The Balaban J connectivity index is 1.79. The molecule has 1 aromatic heterocycles. The number of aryl methyl sites for hydroxylation is 1. The molecule has 0 aliphatic carbocycles. The fourth-order valence-corrected chi connectivity index (χ4v) is 3.24. The fourth-order valence-electron chi connectivity index (χ4n) is 3.07. The second-order valence-electron chi connectivity index (χ2n) is 7.16. The van der Waals surface area contributed by atoms with Crippen LogP contribution < -0.4 is 15.6 Å². The molecule has 0 unspecified atom stereocenters. The van der Waals surface area contributed by atoms with E-state index in [1.807, 2.05) is 6.92 Å². The summed E-state index contributed by atoms with van der Waals surface area (Å²) in [5.74, 6) is -0.784. The van der Waals surface area contributed by atoms with Crippen molar-refractivity contribution in [1.82, 2.24) is 9.78 Å². The Morgan fingerprint density at radius 2 is 1.91 bits per heavy atom. The van der Waals surface area contributed by atoms with Crippen LogP contribution in [0.1, 0.15) is 36.2 Å². The zero-order valence-electron chi connectivity index (χ0n) is 18.5. The van der Waals surface area contributed by atoms with Gasteiger partial charge in [-0.2, -0.15) is 4.68 Å². The van der Waals surface area contributed by atoms with Crippen molar-refractivity contribution in [3.63, 3.8) is 0 Å². The maximum absolute atomic E-state index is 12.8. The van der Waals surface area contributed by atoms with E-state index in [4.69, 9.17) is 21.1 Å². The van der Waals surface area contributed by atoms with E-state index in [-0.39, 0.29) is 18.0 Å². The highest BCUT2D eigenvalue weighted by Crippen LogP contribution is 2.19. The number of hydrogen-bond acceptors (Lipinski definition) is 6. The largest absolute Gasteiger partial charge is 0.463 e. The Bertz CT molecular complexity index is 1220. The van der Waals surface area contributed by atoms with Gasteiger partial charge in [0.15, 0.2) is 6.10 Å². The third kappa shape index (κ3) is 5.98. The van der Waals surface area contributed by atoms with Crippen LogP contribution in [0.15, 0.2) is 59.4 Å². The predicted molar refractivity (Wildman–Crippen MR) is 125 cm³/mol. The lowest BCUT2D eigenvalue weighted by atomic mass is 10.2. The molecule has 33 heavy (non-hydrogen) atoms. The first kappa shape index (κ1) is 24.0. The van der Waals surface area contributed by atoms with Crippen LogP contribution in [-0.4, -0.2) is 34.4 Å². The van der Waals surface area contributed by atoms with Crippen molar-refractivity contribution in [2.24, 2.45) is 0 Å². The van der Waals surface area contributed by atoms with Gasteiger partial charge in [0.05, 0.1) is 17.9 Å². The highest BCUT2D eigenvalue weighted by atomic mass is 35.5. The van der Waals surface area contributed by atoms with Gasteiger partial charge in [0.25, 0.3) is 11.5 Å². The van der Waals surface area contributed by atoms with Gasteiger partial charge < -0.3 is 14.8 Å². The molecule has 1 amide bonds. The molecule has 3 rings (SSSR count). The van der Waals surface area contributed by atoms with Crippen molar-refractivity contribution < 1.29 is 19.1 Å². The number of amides is 1. The number of esters is 1. The average Bonchev–Trinajstić information content (AvgIpc) is 2.80. The van der Waals surface area contributed by atoms with E-state index in [1.54, 1.807) is 50.2 Å². The van der Waals surface area contributed by atoms with E-state index in [0.29, 0.717) is 28.4 Å². The van der Waals surface area contributed by atoms with Crippen LogP contribution in [0, 0.1) is 6.92 Å². The van der Waals surface area contributed by atoms with Gasteiger partial charge in [0.2, 0.25) is 5.88 Å². The summed E-state index contributed by atoms with van der Waals surface area (Å²) in [5.41, 5.74) is 1.72. The maximum Gasteiger partial charge on any atom is 0.338 e.